The number of halogens is 1. The predicted molar refractivity (Wildman–Crippen MR) is 106 cm³/mol. The first kappa shape index (κ1) is 18.8. The van der Waals surface area contributed by atoms with Gasteiger partial charge in [-0.1, -0.05) is 47.6 Å². The summed E-state index contributed by atoms with van der Waals surface area (Å²) in [6, 6.07) is 11.7. The first-order valence-electron chi connectivity index (χ1n) is 8.26. The van der Waals surface area contributed by atoms with Gasteiger partial charge in [-0.3, -0.25) is 4.90 Å². The molecule has 0 aliphatic carbocycles. The molecule has 26 heavy (non-hydrogen) atoms. The number of aromatic nitrogens is 3. The summed E-state index contributed by atoms with van der Waals surface area (Å²) < 4.78 is 7.32. The molecule has 0 aliphatic rings. The van der Waals surface area contributed by atoms with Gasteiger partial charge in [-0.25, -0.2) is 0 Å². The second kappa shape index (κ2) is 9.07. The molecule has 5 nitrogen and oxygen atoms in total. The van der Waals surface area contributed by atoms with Crippen molar-refractivity contribution in [2.75, 3.05) is 13.6 Å². The van der Waals surface area contributed by atoms with E-state index in [1.54, 1.807) is 18.0 Å². The minimum Gasteiger partial charge on any atom is -0.465 e. The molecule has 2 aromatic heterocycles. The second-order valence-corrected chi connectivity index (χ2v) is 7.30. The quantitative estimate of drug-likeness (QED) is 0.532. The van der Waals surface area contributed by atoms with Crippen LogP contribution in [-0.4, -0.2) is 33.3 Å². The summed E-state index contributed by atoms with van der Waals surface area (Å²) in [4.78, 5) is 2.17. The van der Waals surface area contributed by atoms with Gasteiger partial charge in [0.15, 0.2) is 5.16 Å². The van der Waals surface area contributed by atoms with Crippen molar-refractivity contribution < 1.29 is 4.42 Å². The van der Waals surface area contributed by atoms with Crippen molar-refractivity contribution in [3.05, 3.63) is 70.9 Å². The molecule has 2 heterocycles. The number of furan rings is 1. The van der Waals surface area contributed by atoms with Crippen LogP contribution in [-0.2, 0) is 19.3 Å². The molecule has 0 amide bonds. The zero-order chi connectivity index (χ0) is 18.4. The lowest BCUT2D eigenvalue weighted by atomic mass is 10.2. The molecule has 0 saturated carbocycles. The van der Waals surface area contributed by atoms with E-state index in [1.807, 2.05) is 54.1 Å². The maximum Gasteiger partial charge on any atom is 0.191 e. The highest BCUT2D eigenvalue weighted by atomic mass is 35.5. The Morgan fingerprint density at radius 2 is 2.08 bits per heavy atom. The molecule has 0 radical (unpaired) electrons. The fourth-order valence-corrected chi connectivity index (χ4v) is 3.62. The Labute approximate surface area is 162 Å². The molecule has 7 heteroatoms. The van der Waals surface area contributed by atoms with Gasteiger partial charge in [0.05, 0.1) is 12.8 Å². The lowest BCUT2D eigenvalue weighted by molar-refractivity contribution is 0.347. The Bertz CT molecular complexity index is 860. The van der Waals surface area contributed by atoms with Crippen LogP contribution >= 0.6 is 23.4 Å². The molecular weight excluding hydrogens is 368 g/mol. The van der Waals surface area contributed by atoms with E-state index in [4.69, 9.17) is 16.0 Å². The molecule has 0 atom stereocenters. The van der Waals surface area contributed by atoms with Crippen molar-refractivity contribution in [2.24, 2.45) is 7.05 Å². The molecule has 1 aromatic carbocycles. The lowest BCUT2D eigenvalue weighted by Gasteiger charge is -2.13. The SMILES string of the molecule is CN(C/C=C/c1ccco1)Cc1nnc(SCc2ccccc2Cl)n1C. The van der Waals surface area contributed by atoms with Crippen molar-refractivity contribution in [2.45, 2.75) is 17.5 Å². The highest BCUT2D eigenvalue weighted by Crippen LogP contribution is 2.25. The first-order chi connectivity index (χ1) is 12.6. The molecule has 0 spiro atoms. The number of hydrogen-bond acceptors (Lipinski definition) is 5. The van der Waals surface area contributed by atoms with E-state index in [-0.39, 0.29) is 0 Å². The summed E-state index contributed by atoms with van der Waals surface area (Å²) in [7, 11) is 4.05. The molecule has 0 unspecified atom stereocenters. The standard InChI is InChI=1S/C19H21ClN4OS/c1-23(11-5-8-16-9-6-12-25-16)13-18-21-22-19(24(18)2)26-14-15-7-3-4-10-17(15)20/h3-10,12H,11,13-14H2,1-2H3/b8-5+. The van der Waals surface area contributed by atoms with Gasteiger partial charge < -0.3 is 8.98 Å². The smallest absolute Gasteiger partial charge is 0.191 e. The van der Waals surface area contributed by atoms with Gasteiger partial charge in [0.2, 0.25) is 0 Å². The monoisotopic (exact) mass is 388 g/mol. The Morgan fingerprint density at radius 3 is 2.85 bits per heavy atom. The van der Waals surface area contributed by atoms with Gasteiger partial charge in [0.25, 0.3) is 0 Å². The van der Waals surface area contributed by atoms with Gasteiger partial charge in [-0.15, -0.1) is 10.2 Å². The predicted octanol–water partition coefficient (Wildman–Crippen LogP) is 4.50. The maximum atomic E-state index is 6.21. The van der Waals surface area contributed by atoms with Crippen LogP contribution in [0.4, 0.5) is 0 Å². The zero-order valence-electron chi connectivity index (χ0n) is 14.8. The molecule has 3 aromatic rings. The molecule has 0 bridgehead atoms. The van der Waals surface area contributed by atoms with Gasteiger partial charge in [-0.05, 0) is 36.9 Å². The third-order valence-electron chi connectivity index (χ3n) is 3.89. The number of likely N-dealkylation sites (N-methyl/N-ethyl adjacent to an activating group) is 1. The van der Waals surface area contributed by atoms with Crippen molar-refractivity contribution in [1.82, 2.24) is 19.7 Å². The van der Waals surface area contributed by atoms with E-state index in [1.165, 1.54) is 0 Å². The minimum absolute atomic E-state index is 0.721. The average molecular weight is 389 g/mol. The van der Waals surface area contributed by atoms with E-state index in [9.17, 15) is 0 Å². The summed E-state index contributed by atoms with van der Waals surface area (Å²) in [6.45, 7) is 1.52. The third-order valence-corrected chi connectivity index (χ3v) is 5.33. The summed E-state index contributed by atoms with van der Waals surface area (Å²) in [6.07, 6.45) is 5.71. The number of rotatable bonds is 8. The molecule has 0 N–H and O–H groups in total. The fourth-order valence-electron chi connectivity index (χ4n) is 2.41. The van der Waals surface area contributed by atoms with Crippen molar-refractivity contribution >= 4 is 29.4 Å². The number of thioether (sulfide) groups is 1. The Hall–Kier alpha value is -2.02. The van der Waals surface area contributed by atoms with Crippen LogP contribution in [0.25, 0.3) is 6.08 Å². The molecule has 3 rings (SSSR count). The molecule has 0 saturated heterocycles. The first-order valence-corrected chi connectivity index (χ1v) is 9.63. The average Bonchev–Trinajstić information content (AvgIpc) is 3.26. The van der Waals surface area contributed by atoms with Gasteiger partial charge in [-0.2, -0.15) is 0 Å². The van der Waals surface area contributed by atoms with Crippen LogP contribution < -0.4 is 0 Å². The summed E-state index contributed by atoms with van der Waals surface area (Å²) >= 11 is 7.85. The largest absolute Gasteiger partial charge is 0.465 e. The van der Waals surface area contributed by atoms with Crippen LogP contribution in [0.2, 0.25) is 5.02 Å². The highest BCUT2D eigenvalue weighted by Gasteiger charge is 2.11. The van der Waals surface area contributed by atoms with Gasteiger partial charge in [0.1, 0.15) is 11.6 Å². The normalized spacial score (nSPS) is 11.7. The zero-order valence-corrected chi connectivity index (χ0v) is 16.4. The maximum absolute atomic E-state index is 6.21. The van der Waals surface area contributed by atoms with E-state index in [2.05, 4.69) is 28.2 Å². The third kappa shape index (κ3) is 5.00. The van der Waals surface area contributed by atoms with Crippen LogP contribution in [0.3, 0.4) is 0 Å². The molecule has 0 fully saturated rings. The number of hydrogen-bond donors (Lipinski definition) is 0. The number of benzene rings is 1. The minimum atomic E-state index is 0.721. The van der Waals surface area contributed by atoms with E-state index in [0.717, 1.165) is 46.2 Å². The second-order valence-electron chi connectivity index (χ2n) is 5.95. The van der Waals surface area contributed by atoms with Crippen molar-refractivity contribution in [3.8, 4) is 0 Å². The number of nitrogens with zero attached hydrogens (tertiary/aromatic N) is 4. The van der Waals surface area contributed by atoms with E-state index < -0.39 is 0 Å². The molecular formula is C19H21ClN4OS. The van der Waals surface area contributed by atoms with Crippen LogP contribution in [0.15, 0.2) is 58.3 Å². The highest BCUT2D eigenvalue weighted by molar-refractivity contribution is 7.98. The lowest BCUT2D eigenvalue weighted by Crippen LogP contribution is -2.20. The summed E-state index contributed by atoms with van der Waals surface area (Å²) in [5, 5.41) is 10.3. The fraction of sp³-hybridized carbons (Fsp3) is 0.263. The Kier molecular flexibility index (Phi) is 6.55. The topological polar surface area (TPSA) is 47.1 Å². The Morgan fingerprint density at radius 1 is 1.23 bits per heavy atom. The van der Waals surface area contributed by atoms with Crippen molar-refractivity contribution in [3.63, 3.8) is 0 Å². The van der Waals surface area contributed by atoms with Gasteiger partial charge >= 0.3 is 0 Å². The Balaban J connectivity index is 1.54. The van der Waals surface area contributed by atoms with Gasteiger partial charge in [0, 0.05) is 24.4 Å². The summed E-state index contributed by atoms with van der Waals surface area (Å²) in [5.74, 6) is 2.56. The van der Waals surface area contributed by atoms with Crippen LogP contribution in [0.5, 0.6) is 0 Å². The summed E-state index contributed by atoms with van der Waals surface area (Å²) in [5.41, 5.74) is 1.10. The van der Waals surface area contributed by atoms with E-state index >= 15 is 0 Å². The molecule has 136 valence electrons. The molecule has 0 aliphatic heterocycles. The van der Waals surface area contributed by atoms with Crippen LogP contribution in [0.1, 0.15) is 17.1 Å². The van der Waals surface area contributed by atoms with Crippen LogP contribution in [0, 0.1) is 0 Å². The van der Waals surface area contributed by atoms with E-state index in [0.29, 0.717) is 0 Å². The van der Waals surface area contributed by atoms with Crippen molar-refractivity contribution in [1.29, 1.82) is 0 Å².